The molecule has 0 radical (unpaired) electrons. The van der Waals surface area contributed by atoms with Gasteiger partial charge in [-0.05, 0) is 31.5 Å². The van der Waals surface area contributed by atoms with E-state index in [0.717, 1.165) is 23.9 Å². The van der Waals surface area contributed by atoms with Crippen molar-refractivity contribution in [1.82, 2.24) is 4.90 Å². The molecule has 2 rings (SSSR count). The van der Waals surface area contributed by atoms with E-state index >= 15 is 0 Å². The maximum atomic E-state index is 5.69. The van der Waals surface area contributed by atoms with Crippen LogP contribution in [0.3, 0.4) is 0 Å². The lowest BCUT2D eigenvalue weighted by atomic mass is 10.1. The summed E-state index contributed by atoms with van der Waals surface area (Å²) >= 11 is 0. The lowest BCUT2D eigenvalue weighted by Gasteiger charge is -2.24. The number of benzene rings is 1. The van der Waals surface area contributed by atoms with Crippen molar-refractivity contribution in [3.8, 4) is 5.75 Å². The third-order valence-corrected chi connectivity index (χ3v) is 3.95. The fourth-order valence-corrected chi connectivity index (χ4v) is 2.82. The Balaban J connectivity index is 2.04. The molecule has 100 valence electrons. The van der Waals surface area contributed by atoms with E-state index in [4.69, 9.17) is 10.5 Å². The Hall–Kier alpha value is -1.06. The third-order valence-electron chi connectivity index (χ3n) is 3.95. The van der Waals surface area contributed by atoms with Gasteiger partial charge in [-0.3, -0.25) is 4.90 Å². The highest BCUT2D eigenvalue weighted by molar-refractivity contribution is 5.37. The van der Waals surface area contributed by atoms with E-state index in [1.54, 1.807) is 7.11 Å². The topological polar surface area (TPSA) is 38.5 Å². The lowest BCUT2D eigenvalue weighted by Crippen LogP contribution is -2.28. The van der Waals surface area contributed by atoms with Gasteiger partial charge in [-0.25, -0.2) is 0 Å². The normalized spacial score (nSPS) is 16.4. The second-order valence-electron chi connectivity index (χ2n) is 5.20. The number of nitrogens with zero attached hydrogens (tertiary/aromatic N) is 1. The highest BCUT2D eigenvalue weighted by atomic mass is 16.5. The average molecular weight is 248 g/mol. The average Bonchev–Trinajstić information content (AvgIpc) is 2.92. The minimum Gasteiger partial charge on any atom is -0.496 e. The van der Waals surface area contributed by atoms with Gasteiger partial charge in [-0.1, -0.05) is 25.0 Å². The molecule has 0 aliphatic heterocycles. The maximum absolute atomic E-state index is 5.69. The molecule has 1 saturated carbocycles. The van der Waals surface area contributed by atoms with Gasteiger partial charge in [-0.2, -0.15) is 0 Å². The third kappa shape index (κ3) is 3.03. The molecule has 0 aromatic heterocycles. The fourth-order valence-electron chi connectivity index (χ4n) is 2.82. The first-order chi connectivity index (χ1) is 8.74. The van der Waals surface area contributed by atoms with Crippen molar-refractivity contribution in [2.24, 2.45) is 5.73 Å². The van der Waals surface area contributed by atoms with Crippen molar-refractivity contribution in [3.63, 3.8) is 0 Å². The predicted molar refractivity (Wildman–Crippen MR) is 74.6 cm³/mol. The van der Waals surface area contributed by atoms with Gasteiger partial charge in [0.25, 0.3) is 0 Å². The van der Waals surface area contributed by atoms with Crippen LogP contribution in [0.1, 0.15) is 36.8 Å². The smallest absolute Gasteiger partial charge is 0.123 e. The quantitative estimate of drug-likeness (QED) is 0.870. The van der Waals surface area contributed by atoms with Crippen LogP contribution in [-0.4, -0.2) is 25.1 Å². The molecule has 0 bridgehead atoms. The largest absolute Gasteiger partial charge is 0.496 e. The Bertz CT molecular complexity index is 386. The van der Waals surface area contributed by atoms with E-state index in [9.17, 15) is 0 Å². The van der Waals surface area contributed by atoms with Gasteiger partial charge < -0.3 is 10.5 Å². The van der Waals surface area contributed by atoms with Crippen molar-refractivity contribution < 1.29 is 4.74 Å². The van der Waals surface area contributed by atoms with Crippen LogP contribution >= 0.6 is 0 Å². The zero-order valence-electron chi connectivity index (χ0n) is 11.5. The van der Waals surface area contributed by atoms with Crippen molar-refractivity contribution in [3.05, 3.63) is 29.3 Å². The summed E-state index contributed by atoms with van der Waals surface area (Å²) in [4.78, 5) is 2.46. The lowest BCUT2D eigenvalue weighted by molar-refractivity contribution is 0.237. The molecular formula is C15H24N2O. The first-order valence-corrected chi connectivity index (χ1v) is 6.80. The van der Waals surface area contributed by atoms with Gasteiger partial charge in [0.1, 0.15) is 5.75 Å². The minimum atomic E-state index is 0.530. The van der Waals surface area contributed by atoms with Gasteiger partial charge in [0.2, 0.25) is 0 Å². The van der Waals surface area contributed by atoms with Crippen molar-refractivity contribution in [1.29, 1.82) is 0 Å². The molecule has 0 saturated heterocycles. The summed E-state index contributed by atoms with van der Waals surface area (Å²) < 4.78 is 5.39. The molecule has 0 atom stereocenters. The SMILES string of the molecule is COc1cc(CN(C)C2CCCC2)ccc1CN. The zero-order chi connectivity index (χ0) is 13.0. The summed E-state index contributed by atoms with van der Waals surface area (Å²) in [6.07, 6.45) is 5.44. The summed E-state index contributed by atoms with van der Waals surface area (Å²) in [7, 11) is 3.93. The summed E-state index contributed by atoms with van der Waals surface area (Å²) in [5.74, 6) is 0.912. The van der Waals surface area contributed by atoms with E-state index in [1.165, 1.54) is 31.2 Å². The van der Waals surface area contributed by atoms with Crippen molar-refractivity contribution in [2.45, 2.75) is 44.8 Å². The van der Waals surface area contributed by atoms with Crippen LogP contribution in [-0.2, 0) is 13.1 Å². The first kappa shape index (κ1) is 13.4. The van der Waals surface area contributed by atoms with Gasteiger partial charge in [0.15, 0.2) is 0 Å². The molecule has 0 heterocycles. The Kier molecular flexibility index (Phi) is 4.61. The first-order valence-electron chi connectivity index (χ1n) is 6.80. The summed E-state index contributed by atoms with van der Waals surface area (Å²) in [5.41, 5.74) is 8.06. The van der Waals surface area contributed by atoms with Crippen LogP contribution in [0.25, 0.3) is 0 Å². The molecule has 1 fully saturated rings. The second kappa shape index (κ2) is 6.21. The highest BCUT2D eigenvalue weighted by Crippen LogP contribution is 2.25. The number of nitrogens with two attached hydrogens (primary N) is 1. The number of hydrogen-bond acceptors (Lipinski definition) is 3. The molecule has 3 nitrogen and oxygen atoms in total. The number of rotatable bonds is 5. The number of methoxy groups -OCH3 is 1. The Morgan fingerprint density at radius 3 is 2.67 bits per heavy atom. The Morgan fingerprint density at radius 1 is 1.33 bits per heavy atom. The van der Waals surface area contributed by atoms with Gasteiger partial charge in [-0.15, -0.1) is 0 Å². The van der Waals surface area contributed by atoms with Crippen LogP contribution in [0.5, 0.6) is 5.75 Å². The summed E-state index contributed by atoms with van der Waals surface area (Å²) in [6.45, 7) is 1.52. The Morgan fingerprint density at radius 2 is 2.06 bits per heavy atom. The maximum Gasteiger partial charge on any atom is 0.123 e. The van der Waals surface area contributed by atoms with Crippen LogP contribution in [0, 0.1) is 0 Å². The number of ether oxygens (including phenoxy) is 1. The monoisotopic (exact) mass is 248 g/mol. The second-order valence-corrected chi connectivity index (χ2v) is 5.20. The Labute approximate surface area is 110 Å². The molecule has 1 aromatic carbocycles. The zero-order valence-corrected chi connectivity index (χ0v) is 11.5. The molecule has 0 unspecified atom stereocenters. The molecule has 0 spiro atoms. The molecule has 3 heteroatoms. The van der Waals surface area contributed by atoms with E-state index < -0.39 is 0 Å². The van der Waals surface area contributed by atoms with Gasteiger partial charge in [0.05, 0.1) is 7.11 Å². The van der Waals surface area contributed by atoms with Crippen molar-refractivity contribution >= 4 is 0 Å². The summed E-state index contributed by atoms with van der Waals surface area (Å²) in [5, 5.41) is 0. The molecule has 2 N–H and O–H groups in total. The van der Waals surface area contributed by atoms with E-state index in [0.29, 0.717) is 6.54 Å². The van der Waals surface area contributed by atoms with Crippen LogP contribution < -0.4 is 10.5 Å². The highest BCUT2D eigenvalue weighted by Gasteiger charge is 2.19. The van der Waals surface area contributed by atoms with E-state index in [-0.39, 0.29) is 0 Å². The molecular weight excluding hydrogens is 224 g/mol. The van der Waals surface area contributed by atoms with Crippen molar-refractivity contribution in [2.75, 3.05) is 14.2 Å². The standard InChI is InChI=1S/C15H24N2O/c1-17(14-5-3-4-6-14)11-12-7-8-13(10-16)15(9-12)18-2/h7-9,14H,3-6,10-11,16H2,1-2H3. The van der Waals surface area contributed by atoms with Gasteiger partial charge in [0, 0.05) is 24.7 Å². The molecule has 0 amide bonds. The minimum absolute atomic E-state index is 0.530. The number of hydrogen-bond donors (Lipinski definition) is 1. The van der Waals surface area contributed by atoms with Crippen LogP contribution in [0.15, 0.2) is 18.2 Å². The molecule has 1 aliphatic carbocycles. The molecule has 1 aromatic rings. The predicted octanol–water partition coefficient (Wildman–Crippen LogP) is 2.53. The van der Waals surface area contributed by atoms with Crippen LogP contribution in [0.4, 0.5) is 0 Å². The summed E-state index contributed by atoms with van der Waals surface area (Å²) in [6, 6.07) is 7.12. The van der Waals surface area contributed by atoms with E-state index in [2.05, 4.69) is 30.1 Å². The van der Waals surface area contributed by atoms with Gasteiger partial charge >= 0.3 is 0 Å². The fraction of sp³-hybridized carbons (Fsp3) is 0.600. The molecule has 1 aliphatic rings. The van der Waals surface area contributed by atoms with E-state index in [1.807, 2.05) is 0 Å². The molecule has 18 heavy (non-hydrogen) atoms. The van der Waals surface area contributed by atoms with Crippen LogP contribution in [0.2, 0.25) is 0 Å².